The number of halogens is 2. The molecule has 0 radical (unpaired) electrons. The molecule has 28 heavy (non-hydrogen) atoms. The standard InChI is InChI=1S/C20H18ClFN4O2/c1-12-2-4-13(5-3-12)18-10-26-17(11-28-18)19(24-25-26)20(27)23-9-14-6-7-15(22)8-16(14)21/h2-8,18H,9-11H2,1H3,(H,23,27)/t18-/m0/s1. The molecule has 1 aliphatic rings. The molecule has 8 heteroatoms. The van der Waals surface area contributed by atoms with Crippen molar-refractivity contribution in [3.63, 3.8) is 0 Å². The van der Waals surface area contributed by atoms with Crippen molar-refractivity contribution < 1.29 is 13.9 Å². The van der Waals surface area contributed by atoms with Crippen molar-refractivity contribution in [1.82, 2.24) is 20.3 Å². The van der Waals surface area contributed by atoms with Crippen LogP contribution in [0.25, 0.3) is 0 Å². The van der Waals surface area contributed by atoms with Gasteiger partial charge in [0.15, 0.2) is 5.69 Å². The number of carbonyl (C=O) groups excluding carboxylic acids is 1. The molecule has 2 aromatic carbocycles. The highest BCUT2D eigenvalue weighted by molar-refractivity contribution is 6.31. The monoisotopic (exact) mass is 400 g/mol. The van der Waals surface area contributed by atoms with Gasteiger partial charge < -0.3 is 10.1 Å². The van der Waals surface area contributed by atoms with Gasteiger partial charge in [-0.2, -0.15) is 0 Å². The molecule has 0 aliphatic carbocycles. The van der Waals surface area contributed by atoms with Crippen LogP contribution in [-0.4, -0.2) is 20.9 Å². The third-order valence-corrected chi connectivity index (χ3v) is 5.07. The van der Waals surface area contributed by atoms with Gasteiger partial charge in [0.2, 0.25) is 0 Å². The number of rotatable bonds is 4. The molecule has 144 valence electrons. The average molecular weight is 401 g/mol. The van der Waals surface area contributed by atoms with Gasteiger partial charge in [0.25, 0.3) is 5.91 Å². The van der Waals surface area contributed by atoms with Gasteiger partial charge in [-0.15, -0.1) is 5.10 Å². The Bertz CT molecular complexity index is 1020. The first-order valence-corrected chi connectivity index (χ1v) is 9.21. The largest absolute Gasteiger partial charge is 0.365 e. The summed E-state index contributed by atoms with van der Waals surface area (Å²) >= 11 is 5.99. The summed E-state index contributed by atoms with van der Waals surface area (Å²) < 4.78 is 20.8. The molecular weight excluding hydrogens is 383 g/mol. The minimum atomic E-state index is -0.423. The van der Waals surface area contributed by atoms with E-state index in [-0.39, 0.29) is 35.9 Å². The Kier molecular flexibility index (Phi) is 5.11. The number of nitrogens with one attached hydrogen (secondary N) is 1. The summed E-state index contributed by atoms with van der Waals surface area (Å²) in [5, 5.41) is 11.1. The number of aryl methyl sites for hydroxylation is 1. The van der Waals surface area contributed by atoms with Crippen LogP contribution in [0.1, 0.15) is 39.0 Å². The van der Waals surface area contributed by atoms with Crippen LogP contribution >= 0.6 is 11.6 Å². The molecule has 0 unspecified atom stereocenters. The Morgan fingerprint density at radius 1 is 1.32 bits per heavy atom. The van der Waals surface area contributed by atoms with Crippen molar-refractivity contribution in [1.29, 1.82) is 0 Å². The van der Waals surface area contributed by atoms with Gasteiger partial charge in [-0.3, -0.25) is 4.79 Å². The lowest BCUT2D eigenvalue weighted by molar-refractivity contribution is -0.00177. The first-order valence-electron chi connectivity index (χ1n) is 8.84. The highest BCUT2D eigenvalue weighted by Crippen LogP contribution is 2.27. The third kappa shape index (κ3) is 3.76. The number of ether oxygens (including phenoxy) is 1. The van der Waals surface area contributed by atoms with Crippen molar-refractivity contribution >= 4 is 17.5 Å². The van der Waals surface area contributed by atoms with Crippen molar-refractivity contribution in [2.75, 3.05) is 0 Å². The molecule has 6 nitrogen and oxygen atoms in total. The molecule has 1 N–H and O–H groups in total. The summed E-state index contributed by atoms with van der Waals surface area (Å²) in [6, 6.07) is 12.2. The van der Waals surface area contributed by atoms with E-state index in [4.69, 9.17) is 16.3 Å². The summed E-state index contributed by atoms with van der Waals surface area (Å²) in [7, 11) is 0. The quantitative estimate of drug-likeness (QED) is 0.726. The number of amides is 1. The second kappa shape index (κ2) is 7.69. The fourth-order valence-electron chi connectivity index (χ4n) is 3.10. The number of carbonyl (C=O) groups is 1. The number of hydrogen-bond acceptors (Lipinski definition) is 4. The zero-order valence-corrected chi connectivity index (χ0v) is 15.9. The van der Waals surface area contributed by atoms with Crippen molar-refractivity contribution in [2.45, 2.75) is 32.7 Å². The minimum Gasteiger partial charge on any atom is -0.365 e. The summed E-state index contributed by atoms with van der Waals surface area (Å²) in [6.07, 6.45) is -0.135. The Labute approximate surface area is 166 Å². The Morgan fingerprint density at radius 2 is 2.11 bits per heavy atom. The molecule has 0 saturated carbocycles. The predicted molar refractivity (Wildman–Crippen MR) is 101 cm³/mol. The smallest absolute Gasteiger partial charge is 0.274 e. The van der Waals surface area contributed by atoms with E-state index in [0.29, 0.717) is 17.8 Å². The lowest BCUT2D eigenvalue weighted by Crippen LogP contribution is -2.27. The summed E-state index contributed by atoms with van der Waals surface area (Å²) in [5.41, 5.74) is 3.71. The van der Waals surface area contributed by atoms with Crippen molar-refractivity contribution in [3.05, 3.63) is 81.4 Å². The fraction of sp³-hybridized carbons (Fsp3) is 0.250. The van der Waals surface area contributed by atoms with E-state index < -0.39 is 5.82 Å². The van der Waals surface area contributed by atoms with Gasteiger partial charge in [0.1, 0.15) is 11.9 Å². The zero-order valence-electron chi connectivity index (χ0n) is 15.2. The number of benzene rings is 2. The number of nitrogens with zero attached hydrogens (tertiary/aromatic N) is 3. The molecule has 0 saturated heterocycles. The molecular formula is C20H18ClFN4O2. The molecule has 0 spiro atoms. The fourth-order valence-corrected chi connectivity index (χ4v) is 3.33. The molecule has 1 aromatic heterocycles. The summed E-state index contributed by atoms with van der Waals surface area (Å²) in [4.78, 5) is 12.5. The van der Waals surface area contributed by atoms with Crippen LogP contribution in [-0.2, 0) is 24.4 Å². The second-order valence-corrected chi connectivity index (χ2v) is 7.10. The van der Waals surface area contributed by atoms with Gasteiger partial charge in [0.05, 0.1) is 18.8 Å². The Morgan fingerprint density at radius 3 is 2.86 bits per heavy atom. The maximum Gasteiger partial charge on any atom is 0.274 e. The highest BCUT2D eigenvalue weighted by atomic mass is 35.5. The van der Waals surface area contributed by atoms with E-state index in [1.165, 1.54) is 23.8 Å². The lowest BCUT2D eigenvalue weighted by atomic mass is 10.1. The first kappa shape index (κ1) is 18.6. The molecule has 0 bridgehead atoms. The first-order chi connectivity index (χ1) is 13.5. The van der Waals surface area contributed by atoms with E-state index in [9.17, 15) is 9.18 Å². The second-order valence-electron chi connectivity index (χ2n) is 6.70. The molecule has 2 heterocycles. The van der Waals surface area contributed by atoms with Crippen LogP contribution in [0.2, 0.25) is 5.02 Å². The van der Waals surface area contributed by atoms with Crippen LogP contribution in [0.15, 0.2) is 42.5 Å². The Balaban J connectivity index is 1.45. The zero-order chi connectivity index (χ0) is 19.7. The molecule has 1 atom stereocenters. The molecule has 1 amide bonds. The maximum atomic E-state index is 13.1. The van der Waals surface area contributed by atoms with Crippen molar-refractivity contribution in [3.8, 4) is 0 Å². The van der Waals surface area contributed by atoms with Gasteiger partial charge >= 0.3 is 0 Å². The van der Waals surface area contributed by atoms with Crippen LogP contribution in [0, 0.1) is 12.7 Å². The Hall–Kier alpha value is -2.77. The predicted octanol–water partition coefficient (Wildman–Crippen LogP) is 3.58. The SMILES string of the molecule is Cc1ccc([C@@H]2Cn3nnc(C(=O)NCc4ccc(F)cc4Cl)c3CO2)cc1. The normalized spacial score (nSPS) is 15.9. The van der Waals surface area contributed by atoms with Crippen LogP contribution in [0.4, 0.5) is 4.39 Å². The molecule has 1 aliphatic heterocycles. The van der Waals surface area contributed by atoms with Crippen LogP contribution in [0.3, 0.4) is 0 Å². The van der Waals surface area contributed by atoms with Gasteiger partial charge in [-0.05, 0) is 30.2 Å². The number of fused-ring (bicyclic) bond motifs is 1. The lowest BCUT2D eigenvalue weighted by Gasteiger charge is -2.24. The average Bonchev–Trinajstić information content (AvgIpc) is 3.11. The molecule has 3 aromatic rings. The van der Waals surface area contributed by atoms with Crippen LogP contribution < -0.4 is 5.32 Å². The van der Waals surface area contributed by atoms with Crippen molar-refractivity contribution in [2.24, 2.45) is 0 Å². The number of hydrogen-bond donors (Lipinski definition) is 1. The van der Waals surface area contributed by atoms with E-state index in [0.717, 1.165) is 5.56 Å². The van der Waals surface area contributed by atoms with E-state index in [1.807, 2.05) is 31.2 Å². The van der Waals surface area contributed by atoms with E-state index >= 15 is 0 Å². The van der Waals surface area contributed by atoms with Gasteiger partial charge in [0, 0.05) is 11.6 Å². The van der Waals surface area contributed by atoms with Crippen LogP contribution in [0.5, 0.6) is 0 Å². The molecule has 0 fully saturated rings. The van der Waals surface area contributed by atoms with E-state index in [1.54, 1.807) is 4.68 Å². The maximum absolute atomic E-state index is 13.1. The molecule has 4 rings (SSSR count). The van der Waals surface area contributed by atoms with Gasteiger partial charge in [-0.1, -0.05) is 52.7 Å². The topological polar surface area (TPSA) is 69.0 Å². The number of aromatic nitrogens is 3. The highest BCUT2D eigenvalue weighted by Gasteiger charge is 2.27. The van der Waals surface area contributed by atoms with Gasteiger partial charge in [-0.25, -0.2) is 9.07 Å². The summed E-state index contributed by atoms with van der Waals surface area (Å²) in [6.45, 7) is 2.93. The summed E-state index contributed by atoms with van der Waals surface area (Å²) in [5.74, 6) is -0.799. The van der Waals surface area contributed by atoms with E-state index in [2.05, 4.69) is 15.6 Å². The third-order valence-electron chi connectivity index (χ3n) is 4.72. The minimum absolute atomic E-state index is 0.135.